The molecule has 1 aromatic carbocycles. The minimum absolute atomic E-state index is 0.0715. The van der Waals surface area contributed by atoms with E-state index in [0.29, 0.717) is 12.3 Å². The van der Waals surface area contributed by atoms with Crippen LogP contribution >= 0.6 is 0 Å². The smallest absolute Gasteiger partial charge is 0.273 e. The first kappa shape index (κ1) is 14.6. The summed E-state index contributed by atoms with van der Waals surface area (Å²) in [6, 6.07) is 9.11. The zero-order chi connectivity index (χ0) is 14.8. The van der Waals surface area contributed by atoms with Crippen molar-refractivity contribution in [3.8, 4) is 0 Å². The van der Waals surface area contributed by atoms with Crippen molar-refractivity contribution in [1.29, 1.82) is 0 Å². The van der Waals surface area contributed by atoms with Crippen molar-refractivity contribution in [3.05, 3.63) is 47.2 Å². The first-order chi connectivity index (χ1) is 9.44. The van der Waals surface area contributed by atoms with Crippen LogP contribution in [-0.2, 0) is 16.6 Å². The molecular formula is C14H18N2O3S. The number of nitrogens with one attached hydrogen (secondary N) is 2. The van der Waals surface area contributed by atoms with Crippen molar-refractivity contribution in [2.45, 2.75) is 25.5 Å². The Labute approximate surface area is 119 Å². The number of sulfonamides is 1. The van der Waals surface area contributed by atoms with Crippen LogP contribution in [0.2, 0.25) is 0 Å². The monoisotopic (exact) mass is 294 g/mol. The van der Waals surface area contributed by atoms with Crippen molar-refractivity contribution in [2.75, 3.05) is 12.4 Å². The van der Waals surface area contributed by atoms with Crippen LogP contribution in [0.5, 0.6) is 0 Å². The first-order valence-corrected chi connectivity index (χ1v) is 7.74. The van der Waals surface area contributed by atoms with E-state index in [0.717, 1.165) is 5.69 Å². The Hall–Kier alpha value is -1.79. The Kier molecular flexibility index (Phi) is 4.15. The van der Waals surface area contributed by atoms with Gasteiger partial charge in [-0.2, -0.15) is 0 Å². The van der Waals surface area contributed by atoms with Gasteiger partial charge in [-0.15, -0.1) is 0 Å². The average molecular weight is 294 g/mol. The third kappa shape index (κ3) is 3.02. The first-order valence-electron chi connectivity index (χ1n) is 6.26. The zero-order valence-corrected chi connectivity index (χ0v) is 12.5. The van der Waals surface area contributed by atoms with E-state index in [1.54, 1.807) is 6.07 Å². The molecule has 0 amide bonds. The molecule has 0 aliphatic rings. The molecule has 0 unspecified atom stereocenters. The van der Waals surface area contributed by atoms with Gasteiger partial charge in [0.1, 0.15) is 5.76 Å². The van der Waals surface area contributed by atoms with Crippen LogP contribution in [0.3, 0.4) is 0 Å². The van der Waals surface area contributed by atoms with E-state index < -0.39 is 10.0 Å². The number of furan rings is 1. The molecule has 0 spiro atoms. The fourth-order valence-corrected chi connectivity index (χ4v) is 2.49. The molecule has 2 aromatic rings. The molecule has 1 heterocycles. The van der Waals surface area contributed by atoms with Crippen LogP contribution in [0, 0.1) is 13.8 Å². The molecule has 0 aliphatic carbocycles. The highest BCUT2D eigenvalue weighted by Gasteiger charge is 2.16. The van der Waals surface area contributed by atoms with Crippen molar-refractivity contribution in [2.24, 2.45) is 0 Å². The highest BCUT2D eigenvalue weighted by atomic mass is 32.2. The minimum Gasteiger partial charge on any atom is -0.446 e. The summed E-state index contributed by atoms with van der Waals surface area (Å²) in [5.41, 5.74) is 3.38. The predicted molar refractivity (Wildman–Crippen MR) is 78.2 cm³/mol. The molecule has 0 atom stereocenters. The molecule has 0 bridgehead atoms. The van der Waals surface area contributed by atoms with E-state index in [2.05, 4.69) is 10.0 Å². The molecule has 108 valence electrons. The summed E-state index contributed by atoms with van der Waals surface area (Å²) in [4.78, 5) is 0. The molecule has 0 saturated carbocycles. The quantitative estimate of drug-likeness (QED) is 0.888. The Bertz CT molecular complexity index is 705. The summed E-state index contributed by atoms with van der Waals surface area (Å²) in [5, 5.41) is 3.17. The van der Waals surface area contributed by atoms with Gasteiger partial charge in [-0.1, -0.05) is 12.1 Å². The van der Waals surface area contributed by atoms with Crippen molar-refractivity contribution in [3.63, 3.8) is 0 Å². The second-order valence-corrected chi connectivity index (χ2v) is 6.35. The number of benzene rings is 1. The standard InChI is InChI=1S/C14H18N2O3S/c1-10-5-4-6-13(11(10)2)16-9-12-7-8-14(19-12)20(17,18)15-3/h4-8,15-16H,9H2,1-3H3. The van der Waals surface area contributed by atoms with Crippen LogP contribution in [0.1, 0.15) is 16.9 Å². The molecule has 2 rings (SSSR count). The molecule has 0 saturated heterocycles. The molecular weight excluding hydrogens is 276 g/mol. The average Bonchev–Trinajstić information content (AvgIpc) is 2.90. The number of anilines is 1. The lowest BCUT2D eigenvalue weighted by Gasteiger charge is -2.10. The van der Waals surface area contributed by atoms with Gasteiger partial charge in [-0.3, -0.25) is 0 Å². The van der Waals surface area contributed by atoms with Crippen LogP contribution in [0.15, 0.2) is 39.8 Å². The lowest BCUT2D eigenvalue weighted by atomic mass is 10.1. The molecule has 0 radical (unpaired) electrons. The molecule has 6 heteroatoms. The normalized spacial score (nSPS) is 11.6. The third-order valence-electron chi connectivity index (χ3n) is 3.23. The zero-order valence-electron chi connectivity index (χ0n) is 11.7. The van der Waals surface area contributed by atoms with E-state index >= 15 is 0 Å². The summed E-state index contributed by atoms with van der Waals surface area (Å²) < 4.78 is 30.7. The number of hydrogen-bond acceptors (Lipinski definition) is 4. The maximum Gasteiger partial charge on any atom is 0.273 e. The van der Waals surface area contributed by atoms with Gasteiger partial charge in [0.15, 0.2) is 0 Å². The van der Waals surface area contributed by atoms with Crippen LogP contribution in [0.25, 0.3) is 0 Å². The lowest BCUT2D eigenvalue weighted by molar-refractivity contribution is 0.417. The Balaban J connectivity index is 2.11. The Morgan fingerprint density at radius 2 is 1.90 bits per heavy atom. The number of hydrogen-bond donors (Lipinski definition) is 2. The van der Waals surface area contributed by atoms with E-state index in [4.69, 9.17) is 4.42 Å². The summed E-state index contributed by atoms with van der Waals surface area (Å²) in [6.45, 7) is 4.52. The van der Waals surface area contributed by atoms with Gasteiger partial charge in [0, 0.05) is 5.69 Å². The summed E-state index contributed by atoms with van der Waals surface area (Å²) in [7, 11) is -2.17. The Morgan fingerprint density at radius 1 is 1.15 bits per heavy atom. The van der Waals surface area contributed by atoms with Gasteiger partial charge in [0.2, 0.25) is 5.09 Å². The van der Waals surface area contributed by atoms with Gasteiger partial charge >= 0.3 is 0 Å². The third-order valence-corrected chi connectivity index (χ3v) is 4.51. The summed E-state index contributed by atoms with van der Waals surface area (Å²) in [6.07, 6.45) is 0. The van der Waals surface area contributed by atoms with Gasteiger partial charge < -0.3 is 9.73 Å². The number of rotatable bonds is 5. The highest BCUT2D eigenvalue weighted by molar-refractivity contribution is 7.89. The maximum atomic E-state index is 11.6. The van der Waals surface area contributed by atoms with Crippen molar-refractivity contribution < 1.29 is 12.8 Å². The molecule has 0 fully saturated rings. The minimum atomic E-state index is -3.52. The van der Waals surface area contributed by atoms with Crippen LogP contribution < -0.4 is 10.0 Å². The second-order valence-electron chi connectivity index (χ2n) is 4.53. The van der Waals surface area contributed by atoms with Gasteiger partial charge in [0.25, 0.3) is 10.0 Å². The van der Waals surface area contributed by atoms with Gasteiger partial charge in [-0.25, -0.2) is 13.1 Å². The summed E-state index contributed by atoms with van der Waals surface area (Å²) in [5.74, 6) is 0.569. The van der Waals surface area contributed by atoms with E-state index in [-0.39, 0.29) is 5.09 Å². The fourth-order valence-electron chi connectivity index (χ4n) is 1.82. The van der Waals surface area contributed by atoms with Crippen molar-refractivity contribution >= 4 is 15.7 Å². The van der Waals surface area contributed by atoms with E-state index in [1.165, 1.54) is 24.2 Å². The van der Waals surface area contributed by atoms with E-state index in [9.17, 15) is 8.42 Å². The SMILES string of the molecule is CNS(=O)(=O)c1ccc(CNc2cccc(C)c2C)o1. The fraction of sp³-hybridized carbons (Fsp3) is 0.286. The predicted octanol–water partition coefficient (Wildman–Crippen LogP) is 2.42. The number of aryl methyl sites for hydroxylation is 1. The largest absolute Gasteiger partial charge is 0.446 e. The molecule has 0 aliphatic heterocycles. The molecule has 20 heavy (non-hydrogen) atoms. The molecule has 5 nitrogen and oxygen atoms in total. The van der Waals surface area contributed by atoms with Gasteiger partial charge in [-0.05, 0) is 50.2 Å². The molecule has 1 aromatic heterocycles. The van der Waals surface area contributed by atoms with E-state index in [1.807, 2.05) is 32.0 Å². The Morgan fingerprint density at radius 3 is 2.60 bits per heavy atom. The second kappa shape index (κ2) is 5.68. The van der Waals surface area contributed by atoms with Gasteiger partial charge in [0.05, 0.1) is 6.54 Å². The maximum absolute atomic E-state index is 11.6. The van der Waals surface area contributed by atoms with Crippen LogP contribution in [0.4, 0.5) is 5.69 Å². The lowest BCUT2D eigenvalue weighted by Crippen LogP contribution is -2.17. The topological polar surface area (TPSA) is 71.3 Å². The van der Waals surface area contributed by atoms with Crippen molar-refractivity contribution in [1.82, 2.24) is 4.72 Å². The summed E-state index contributed by atoms with van der Waals surface area (Å²) >= 11 is 0. The molecule has 2 N–H and O–H groups in total. The van der Waals surface area contributed by atoms with Crippen LogP contribution in [-0.4, -0.2) is 15.5 Å². The highest BCUT2D eigenvalue weighted by Crippen LogP contribution is 2.20.